The van der Waals surface area contributed by atoms with Crippen LogP contribution in [0.5, 0.6) is 11.5 Å². The minimum atomic E-state index is -0.0574. The Balaban J connectivity index is 1.89. The maximum absolute atomic E-state index is 6.74. The zero-order valence-corrected chi connectivity index (χ0v) is 15.4. The summed E-state index contributed by atoms with van der Waals surface area (Å²) in [5.74, 6) is 2.72. The van der Waals surface area contributed by atoms with Crippen molar-refractivity contribution < 1.29 is 9.47 Å². The molecule has 1 aliphatic heterocycles. The molecule has 2 nitrogen and oxygen atoms in total. The smallest absolute Gasteiger partial charge is 0.124 e. The number of hydrogen-bond donors (Lipinski definition) is 0. The van der Waals surface area contributed by atoms with Gasteiger partial charge in [0, 0.05) is 16.4 Å². The highest BCUT2D eigenvalue weighted by atomic mass is 16.5. The minimum absolute atomic E-state index is 0.0380. The molecule has 0 N–H and O–H groups in total. The van der Waals surface area contributed by atoms with Crippen LogP contribution < -0.4 is 9.47 Å². The molecule has 2 heteroatoms. The fourth-order valence-electron chi connectivity index (χ4n) is 8.00. The molecule has 0 radical (unpaired) electrons. The largest absolute Gasteiger partial charge is 0.497 e. The Bertz CT molecular complexity index is 763. The molecule has 1 spiro atoms. The summed E-state index contributed by atoms with van der Waals surface area (Å²) >= 11 is 0. The van der Waals surface area contributed by atoms with E-state index < -0.39 is 0 Å². The van der Waals surface area contributed by atoms with Crippen LogP contribution in [0.25, 0.3) is 0 Å². The maximum Gasteiger partial charge on any atom is 0.124 e. The summed E-state index contributed by atoms with van der Waals surface area (Å²) in [6, 6.07) is 6.40. The van der Waals surface area contributed by atoms with Crippen molar-refractivity contribution >= 4 is 0 Å². The molecule has 0 saturated heterocycles. The van der Waals surface area contributed by atoms with Gasteiger partial charge in [0.25, 0.3) is 0 Å². The van der Waals surface area contributed by atoms with E-state index >= 15 is 0 Å². The fraction of sp³-hybridized carbons (Fsp3) is 0.636. The number of ether oxygens (including phenoxy) is 2. The van der Waals surface area contributed by atoms with Gasteiger partial charge in [-0.2, -0.15) is 0 Å². The Morgan fingerprint density at radius 2 is 2.00 bits per heavy atom. The van der Waals surface area contributed by atoms with Crippen molar-refractivity contribution in [2.75, 3.05) is 7.11 Å². The van der Waals surface area contributed by atoms with Crippen molar-refractivity contribution in [3.63, 3.8) is 0 Å². The standard InChI is InChI=1S/C22H28O2/c1-14-7-6-11-21-18-10-12-20(21,4)24-17-9-8-15(23-5)13-16(17)22(14,21)19(18,2)3/h8-9,13,18H,1,6-7,10-12H2,2-5H3/t18-,20-,21+,22+/m0/s1. The van der Waals surface area contributed by atoms with E-state index in [0.717, 1.165) is 23.8 Å². The summed E-state index contributed by atoms with van der Waals surface area (Å²) in [6.07, 6.45) is 6.12. The quantitative estimate of drug-likeness (QED) is 0.656. The molecule has 4 atom stereocenters. The van der Waals surface area contributed by atoms with Crippen molar-refractivity contribution in [3.8, 4) is 11.5 Å². The van der Waals surface area contributed by atoms with Gasteiger partial charge in [-0.15, -0.1) is 0 Å². The second-order valence-electron chi connectivity index (χ2n) is 9.19. The Hall–Kier alpha value is -1.44. The van der Waals surface area contributed by atoms with E-state index in [1.807, 2.05) is 6.07 Å². The van der Waals surface area contributed by atoms with Gasteiger partial charge in [-0.25, -0.2) is 0 Å². The van der Waals surface area contributed by atoms with Crippen molar-refractivity contribution in [2.45, 2.75) is 63.9 Å². The topological polar surface area (TPSA) is 18.5 Å². The Kier molecular flexibility index (Phi) is 2.50. The number of fused-ring (bicyclic) bond motifs is 1. The lowest BCUT2D eigenvalue weighted by atomic mass is 9.25. The monoisotopic (exact) mass is 324 g/mol. The molecule has 4 aliphatic rings. The van der Waals surface area contributed by atoms with Gasteiger partial charge in [0.15, 0.2) is 0 Å². The molecule has 0 unspecified atom stereocenters. The molecule has 3 aliphatic carbocycles. The van der Waals surface area contributed by atoms with Crippen molar-refractivity contribution in [1.29, 1.82) is 0 Å². The lowest BCUT2D eigenvalue weighted by Gasteiger charge is -2.79. The van der Waals surface area contributed by atoms with Gasteiger partial charge in [0.05, 0.1) is 7.11 Å². The van der Waals surface area contributed by atoms with Gasteiger partial charge in [0.2, 0.25) is 0 Å². The third-order valence-electron chi connectivity index (χ3n) is 8.46. The van der Waals surface area contributed by atoms with Crippen LogP contribution in [0.15, 0.2) is 30.4 Å². The number of methoxy groups -OCH3 is 1. The predicted molar refractivity (Wildman–Crippen MR) is 95.6 cm³/mol. The third kappa shape index (κ3) is 1.15. The predicted octanol–water partition coefficient (Wildman–Crippen LogP) is 5.26. The highest BCUT2D eigenvalue weighted by Crippen LogP contribution is 2.87. The van der Waals surface area contributed by atoms with Gasteiger partial charge >= 0.3 is 0 Å². The molecule has 0 amide bonds. The van der Waals surface area contributed by atoms with E-state index in [2.05, 4.69) is 39.5 Å². The number of rotatable bonds is 1. The average Bonchev–Trinajstić information content (AvgIpc) is 2.83. The fourth-order valence-corrected chi connectivity index (χ4v) is 8.00. The van der Waals surface area contributed by atoms with E-state index in [-0.39, 0.29) is 21.8 Å². The van der Waals surface area contributed by atoms with Crippen molar-refractivity contribution in [3.05, 3.63) is 35.9 Å². The summed E-state index contributed by atoms with van der Waals surface area (Å²) in [7, 11) is 1.75. The van der Waals surface area contributed by atoms with Crippen LogP contribution in [-0.4, -0.2) is 12.7 Å². The van der Waals surface area contributed by atoms with E-state index in [0.29, 0.717) is 0 Å². The Morgan fingerprint density at radius 1 is 1.21 bits per heavy atom. The molecule has 0 bridgehead atoms. The third-order valence-corrected chi connectivity index (χ3v) is 8.46. The van der Waals surface area contributed by atoms with Gasteiger partial charge < -0.3 is 9.47 Å². The van der Waals surface area contributed by atoms with Gasteiger partial charge in [0.1, 0.15) is 17.1 Å². The first-order chi connectivity index (χ1) is 11.3. The van der Waals surface area contributed by atoms with E-state index in [1.54, 1.807) is 7.11 Å². The average molecular weight is 324 g/mol. The van der Waals surface area contributed by atoms with Crippen LogP contribution in [0.2, 0.25) is 0 Å². The first-order valence-electron chi connectivity index (χ1n) is 9.41. The Labute approximate surface area is 145 Å². The van der Waals surface area contributed by atoms with Gasteiger partial charge in [-0.05, 0) is 68.6 Å². The molecule has 0 aromatic heterocycles. The summed E-state index contributed by atoms with van der Waals surface area (Å²) in [6.45, 7) is 12.0. The SMILES string of the molecule is C=C1CCC[C@@]23[C@H]4CC[C@]2(C)Oc2ccc(OC)cc2[C@@]13C4(C)C. The summed E-state index contributed by atoms with van der Waals surface area (Å²) in [5, 5.41) is 0. The van der Waals surface area contributed by atoms with E-state index in [9.17, 15) is 0 Å². The first kappa shape index (κ1) is 14.9. The summed E-state index contributed by atoms with van der Waals surface area (Å²) in [4.78, 5) is 0. The number of allylic oxidation sites excluding steroid dienone is 1. The van der Waals surface area contributed by atoms with Crippen LogP contribution in [0.3, 0.4) is 0 Å². The molecule has 24 heavy (non-hydrogen) atoms. The lowest BCUT2D eigenvalue weighted by Crippen LogP contribution is -2.80. The van der Waals surface area contributed by atoms with E-state index in [1.165, 1.54) is 36.8 Å². The second kappa shape index (κ2) is 4.03. The lowest BCUT2D eigenvalue weighted by molar-refractivity contribution is -0.262. The van der Waals surface area contributed by atoms with Crippen LogP contribution in [0.1, 0.15) is 58.4 Å². The second-order valence-corrected chi connectivity index (χ2v) is 9.19. The van der Waals surface area contributed by atoms with Crippen molar-refractivity contribution in [2.24, 2.45) is 16.7 Å². The highest BCUT2D eigenvalue weighted by Gasteiger charge is 2.86. The molecule has 128 valence electrons. The number of benzene rings is 1. The molecule has 1 aromatic carbocycles. The van der Waals surface area contributed by atoms with Crippen LogP contribution in [0, 0.1) is 16.7 Å². The summed E-state index contributed by atoms with van der Waals surface area (Å²) in [5.41, 5.74) is 3.20. The van der Waals surface area contributed by atoms with Crippen LogP contribution >= 0.6 is 0 Å². The maximum atomic E-state index is 6.74. The summed E-state index contributed by atoms with van der Waals surface area (Å²) < 4.78 is 12.3. The normalized spacial score (nSPS) is 43.8. The zero-order valence-electron chi connectivity index (χ0n) is 15.4. The molecule has 3 saturated carbocycles. The van der Waals surface area contributed by atoms with E-state index in [4.69, 9.17) is 9.47 Å². The van der Waals surface area contributed by atoms with Gasteiger partial charge in [-0.3, -0.25) is 0 Å². The van der Waals surface area contributed by atoms with Crippen LogP contribution in [-0.2, 0) is 5.41 Å². The number of hydrogen-bond acceptors (Lipinski definition) is 2. The molecule has 5 rings (SSSR count). The molecular weight excluding hydrogens is 296 g/mol. The van der Waals surface area contributed by atoms with Gasteiger partial charge in [-0.1, -0.05) is 26.0 Å². The highest BCUT2D eigenvalue weighted by molar-refractivity contribution is 5.61. The minimum Gasteiger partial charge on any atom is -0.497 e. The first-order valence-corrected chi connectivity index (χ1v) is 9.41. The Morgan fingerprint density at radius 3 is 2.75 bits per heavy atom. The molecule has 3 fully saturated rings. The zero-order chi connectivity index (χ0) is 17.0. The molecule has 1 heterocycles. The van der Waals surface area contributed by atoms with Crippen LogP contribution in [0.4, 0.5) is 0 Å². The van der Waals surface area contributed by atoms with Crippen molar-refractivity contribution in [1.82, 2.24) is 0 Å². The molecule has 1 aromatic rings. The molecular formula is C22H28O2.